The maximum absolute atomic E-state index is 5.88. The van der Waals surface area contributed by atoms with Crippen molar-refractivity contribution in [1.82, 2.24) is 4.90 Å². The molecule has 0 aromatic heterocycles. The normalized spacial score (nSPS) is 34.1. The zero-order valence-corrected chi connectivity index (χ0v) is 13.5. The minimum absolute atomic E-state index is 0.0514. The van der Waals surface area contributed by atoms with Gasteiger partial charge in [0.2, 0.25) is 0 Å². The molecule has 116 valence electrons. The van der Waals surface area contributed by atoms with Gasteiger partial charge in [-0.3, -0.25) is 4.99 Å². The minimum atomic E-state index is -0.0514. The van der Waals surface area contributed by atoms with Crippen molar-refractivity contribution in [1.29, 1.82) is 0 Å². The lowest BCUT2D eigenvalue weighted by molar-refractivity contribution is -0.0887. The van der Waals surface area contributed by atoms with Crippen LogP contribution in [0.15, 0.2) is 4.99 Å². The van der Waals surface area contributed by atoms with E-state index in [0.717, 1.165) is 45.6 Å². The van der Waals surface area contributed by atoms with Crippen LogP contribution in [0.5, 0.6) is 0 Å². The van der Waals surface area contributed by atoms with Gasteiger partial charge in [0.1, 0.15) is 0 Å². The third kappa shape index (κ3) is 4.54. The van der Waals surface area contributed by atoms with Crippen LogP contribution in [0.4, 0.5) is 0 Å². The highest BCUT2D eigenvalue weighted by atomic mass is 16.5. The first kappa shape index (κ1) is 15.9. The fourth-order valence-corrected chi connectivity index (χ4v) is 3.59. The number of hydrogen-bond acceptors (Lipinski definition) is 4. The maximum atomic E-state index is 5.88. The first-order valence-electron chi connectivity index (χ1n) is 7.82. The highest BCUT2D eigenvalue weighted by molar-refractivity contribution is 5.66. The average molecular weight is 282 g/mol. The van der Waals surface area contributed by atoms with Crippen molar-refractivity contribution in [3.05, 3.63) is 0 Å². The number of rotatable bonds is 5. The molecule has 0 aliphatic carbocycles. The summed E-state index contributed by atoms with van der Waals surface area (Å²) in [6, 6.07) is 0. The number of nitrogens with zero attached hydrogens (tertiary/aromatic N) is 2. The molecule has 4 heteroatoms. The molecule has 0 aromatic carbocycles. The van der Waals surface area contributed by atoms with E-state index < -0.39 is 0 Å². The Bertz CT molecular complexity index is 335. The summed E-state index contributed by atoms with van der Waals surface area (Å²) >= 11 is 0. The van der Waals surface area contributed by atoms with Gasteiger partial charge in [0.25, 0.3) is 0 Å². The lowest BCUT2D eigenvalue weighted by atomic mass is 9.74. The summed E-state index contributed by atoms with van der Waals surface area (Å²) < 4.78 is 11.5. The zero-order valence-electron chi connectivity index (χ0n) is 13.5. The molecule has 20 heavy (non-hydrogen) atoms. The Labute approximate surface area is 123 Å². The fraction of sp³-hybridized carbons (Fsp3) is 0.938. The van der Waals surface area contributed by atoms with E-state index in [2.05, 4.69) is 39.1 Å². The fourth-order valence-electron chi connectivity index (χ4n) is 3.59. The van der Waals surface area contributed by atoms with Crippen LogP contribution in [0.2, 0.25) is 0 Å². The Morgan fingerprint density at radius 1 is 1.30 bits per heavy atom. The summed E-state index contributed by atoms with van der Waals surface area (Å²) in [5, 5.41) is 0. The quantitative estimate of drug-likeness (QED) is 0.726. The summed E-state index contributed by atoms with van der Waals surface area (Å²) in [6.45, 7) is 7.96. The standard InChI is InChI=1S/C16H30N2O2/c1-15(2)11-16(7-9-20-15,13-18(3)4)12-17-10-14-6-5-8-19-14/h12,14H,5-11,13H2,1-4H3/t14-,16-/m0/s1. The van der Waals surface area contributed by atoms with E-state index in [4.69, 9.17) is 14.5 Å². The lowest BCUT2D eigenvalue weighted by Crippen LogP contribution is -2.47. The van der Waals surface area contributed by atoms with Crippen LogP contribution < -0.4 is 0 Å². The monoisotopic (exact) mass is 282 g/mol. The summed E-state index contributed by atoms with van der Waals surface area (Å²) in [4.78, 5) is 7.00. The predicted octanol–water partition coefficient (Wildman–Crippen LogP) is 2.37. The molecule has 0 aromatic rings. The molecule has 0 unspecified atom stereocenters. The van der Waals surface area contributed by atoms with Gasteiger partial charge in [-0.1, -0.05) is 0 Å². The van der Waals surface area contributed by atoms with Crippen molar-refractivity contribution in [3.8, 4) is 0 Å². The van der Waals surface area contributed by atoms with Gasteiger partial charge in [-0.15, -0.1) is 0 Å². The van der Waals surface area contributed by atoms with Crippen LogP contribution >= 0.6 is 0 Å². The van der Waals surface area contributed by atoms with Gasteiger partial charge in [0.15, 0.2) is 0 Å². The summed E-state index contributed by atoms with van der Waals surface area (Å²) in [6.07, 6.45) is 6.99. The summed E-state index contributed by atoms with van der Waals surface area (Å²) in [5.74, 6) is 0. The molecule has 2 aliphatic heterocycles. The Kier molecular flexibility index (Phi) is 5.21. The molecule has 2 rings (SSSR count). The van der Waals surface area contributed by atoms with Crippen LogP contribution in [0.25, 0.3) is 0 Å². The van der Waals surface area contributed by atoms with Gasteiger partial charge in [-0.2, -0.15) is 0 Å². The largest absolute Gasteiger partial charge is 0.376 e. The molecule has 2 saturated heterocycles. The summed E-state index contributed by atoms with van der Waals surface area (Å²) in [7, 11) is 4.27. The zero-order chi connectivity index (χ0) is 14.6. The van der Waals surface area contributed by atoms with Gasteiger partial charge in [0.05, 0.1) is 18.2 Å². The van der Waals surface area contributed by atoms with Crippen molar-refractivity contribution in [2.45, 2.75) is 51.2 Å². The second kappa shape index (κ2) is 6.54. The van der Waals surface area contributed by atoms with E-state index in [1.807, 2.05) is 0 Å². The van der Waals surface area contributed by atoms with E-state index in [-0.39, 0.29) is 11.0 Å². The van der Waals surface area contributed by atoms with E-state index in [1.165, 1.54) is 6.42 Å². The smallest absolute Gasteiger partial charge is 0.0770 e. The SMILES string of the molecule is CN(C)C[C@@]1(C=NC[C@@H]2CCCO2)CCOC(C)(C)C1. The highest BCUT2D eigenvalue weighted by Crippen LogP contribution is 2.38. The third-order valence-electron chi connectivity index (χ3n) is 4.20. The van der Waals surface area contributed by atoms with Gasteiger partial charge in [-0.05, 0) is 53.6 Å². The lowest BCUT2D eigenvalue weighted by Gasteiger charge is -2.44. The van der Waals surface area contributed by atoms with Crippen molar-refractivity contribution >= 4 is 6.21 Å². The molecule has 2 heterocycles. The number of aliphatic imine (C=N–C) groups is 1. The first-order valence-corrected chi connectivity index (χ1v) is 7.82. The van der Waals surface area contributed by atoms with Crippen LogP contribution in [-0.2, 0) is 9.47 Å². The minimum Gasteiger partial charge on any atom is -0.376 e. The maximum Gasteiger partial charge on any atom is 0.0770 e. The van der Waals surface area contributed by atoms with Gasteiger partial charge >= 0.3 is 0 Å². The Balaban J connectivity index is 2.00. The van der Waals surface area contributed by atoms with Crippen molar-refractivity contribution in [2.75, 3.05) is 40.4 Å². The Morgan fingerprint density at radius 3 is 2.70 bits per heavy atom. The molecule has 2 fully saturated rings. The average Bonchev–Trinajstić information content (AvgIpc) is 2.79. The van der Waals surface area contributed by atoms with E-state index in [0.29, 0.717) is 6.10 Å². The van der Waals surface area contributed by atoms with Crippen LogP contribution in [0, 0.1) is 5.41 Å². The van der Waals surface area contributed by atoms with E-state index in [9.17, 15) is 0 Å². The van der Waals surface area contributed by atoms with E-state index >= 15 is 0 Å². The van der Waals surface area contributed by atoms with Crippen LogP contribution in [0.1, 0.15) is 39.5 Å². The Morgan fingerprint density at radius 2 is 2.10 bits per heavy atom. The molecule has 0 spiro atoms. The van der Waals surface area contributed by atoms with E-state index in [1.54, 1.807) is 0 Å². The predicted molar refractivity (Wildman–Crippen MR) is 82.6 cm³/mol. The van der Waals surface area contributed by atoms with Crippen molar-refractivity contribution in [2.24, 2.45) is 10.4 Å². The van der Waals surface area contributed by atoms with Crippen molar-refractivity contribution in [3.63, 3.8) is 0 Å². The molecule has 0 N–H and O–H groups in total. The molecule has 0 saturated carbocycles. The van der Waals surface area contributed by atoms with Gasteiger partial charge < -0.3 is 14.4 Å². The second-order valence-corrected chi connectivity index (χ2v) is 7.26. The number of hydrogen-bond donors (Lipinski definition) is 0. The number of ether oxygens (including phenoxy) is 2. The molecule has 0 bridgehead atoms. The third-order valence-corrected chi connectivity index (χ3v) is 4.20. The highest BCUT2D eigenvalue weighted by Gasteiger charge is 2.40. The molecule has 0 radical (unpaired) electrons. The molecule has 2 atom stereocenters. The topological polar surface area (TPSA) is 34.1 Å². The molecular formula is C16H30N2O2. The van der Waals surface area contributed by atoms with Gasteiger partial charge in [0, 0.05) is 31.4 Å². The second-order valence-electron chi connectivity index (χ2n) is 7.26. The first-order chi connectivity index (χ1) is 9.41. The van der Waals surface area contributed by atoms with Crippen LogP contribution in [-0.4, -0.2) is 63.2 Å². The molecule has 4 nitrogen and oxygen atoms in total. The summed E-state index contributed by atoms with van der Waals surface area (Å²) in [5.41, 5.74) is 0.0913. The van der Waals surface area contributed by atoms with Gasteiger partial charge in [-0.25, -0.2) is 0 Å². The van der Waals surface area contributed by atoms with Crippen LogP contribution in [0.3, 0.4) is 0 Å². The molecule has 2 aliphatic rings. The molecular weight excluding hydrogens is 252 g/mol. The Hall–Kier alpha value is -0.450. The molecule has 0 amide bonds. The van der Waals surface area contributed by atoms with Crippen molar-refractivity contribution < 1.29 is 9.47 Å².